The van der Waals surface area contributed by atoms with E-state index in [1.54, 1.807) is 0 Å². The van der Waals surface area contributed by atoms with Gasteiger partial charge in [-0.05, 0) is 37.7 Å². The molecule has 2 rings (SSSR count). The Kier molecular flexibility index (Phi) is 5.60. The molecule has 0 aromatic rings. The van der Waals surface area contributed by atoms with E-state index in [0.29, 0.717) is 19.3 Å². The SMILES string of the molecule is CCCC(OC(C)=O)C1=C[C@H]2CCCC(=O)[C@@]2(C(=O)OC)CC1. The summed E-state index contributed by atoms with van der Waals surface area (Å²) in [5.74, 6) is -0.860. The number of fused-ring (bicyclic) bond motifs is 1. The summed E-state index contributed by atoms with van der Waals surface area (Å²) < 4.78 is 10.4. The number of Topliss-reactive ketones (excluding diaryl/α,β-unsaturated/α-hetero) is 1. The zero-order valence-corrected chi connectivity index (χ0v) is 14.2. The summed E-state index contributed by atoms with van der Waals surface area (Å²) in [6.45, 7) is 3.46. The molecule has 0 heterocycles. The van der Waals surface area contributed by atoms with Crippen LogP contribution in [0.5, 0.6) is 0 Å². The highest BCUT2D eigenvalue weighted by atomic mass is 16.5. The largest absolute Gasteiger partial charge is 0.468 e. The van der Waals surface area contributed by atoms with E-state index in [2.05, 4.69) is 0 Å². The van der Waals surface area contributed by atoms with Crippen LogP contribution in [0, 0.1) is 11.3 Å². The molecule has 0 N–H and O–H groups in total. The number of allylic oxidation sites excluding steroid dienone is 1. The standard InChI is InChI=1S/C18H26O5/c1-4-6-15(23-12(2)19)13-9-10-18(17(21)22-3)14(11-13)7-5-8-16(18)20/h11,14-15H,4-10H2,1-3H3/t14-,15?,18-/m1/s1. The highest BCUT2D eigenvalue weighted by molar-refractivity contribution is 6.05. The second kappa shape index (κ2) is 7.28. The third-order valence-corrected chi connectivity index (χ3v) is 5.10. The first kappa shape index (κ1) is 17.7. The van der Waals surface area contributed by atoms with E-state index in [9.17, 15) is 14.4 Å². The Morgan fingerprint density at radius 2 is 2.13 bits per heavy atom. The Labute approximate surface area is 137 Å². The highest BCUT2D eigenvalue weighted by Crippen LogP contribution is 2.49. The minimum absolute atomic E-state index is 0.00423. The van der Waals surface area contributed by atoms with Crippen LogP contribution < -0.4 is 0 Å². The predicted molar refractivity (Wildman–Crippen MR) is 84.6 cm³/mol. The van der Waals surface area contributed by atoms with E-state index in [-0.39, 0.29) is 23.8 Å². The third-order valence-electron chi connectivity index (χ3n) is 5.10. The maximum Gasteiger partial charge on any atom is 0.319 e. The van der Waals surface area contributed by atoms with Gasteiger partial charge in [-0.2, -0.15) is 0 Å². The van der Waals surface area contributed by atoms with Crippen molar-refractivity contribution < 1.29 is 23.9 Å². The van der Waals surface area contributed by atoms with Gasteiger partial charge in [0.15, 0.2) is 5.78 Å². The summed E-state index contributed by atoms with van der Waals surface area (Å²) in [4.78, 5) is 36.2. The minimum atomic E-state index is -1.02. The number of ketones is 1. The summed E-state index contributed by atoms with van der Waals surface area (Å²) in [6, 6.07) is 0. The zero-order valence-electron chi connectivity index (χ0n) is 14.2. The van der Waals surface area contributed by atoms with E-state index in [4.69, 9.17) is 9.47 Å². The molecule has 5 nitrogen and oxygen atoms in total. The molecule has 0 spiro atoms. The fourth-order valence-corrected chi connectivity index (χ4v) is 3.99. The van der Waals surface area contributed by atoms with Crippen molar-refractivity contribution in [2.45, 2.75) is 64.9 Å². The number of methoxy groups -OCH3 is 1. The van der Waals surface area contributed by atoms with E-state index in [0.717, 1.165) is 31.3 Å². The number of rotatable bonds is 5. The van der Waals surface area contributed by atoms with E-state index < -0.39 is 11.4 Å². The van der Waals surface area contributed by atoms with Gasteiger partial charge in [-0.3, -0.25) is 14.4 Å². The zero-order chi connectivity index (χ0) is 17.0. The van der Waals surface area contributed by atoms with Crippen molar-refractivity contribution in [2.75, 3.05) is 7.11 Å². The number of carbonyl (C=O) groups excluding carboxylic acids is 3. The van der Waals surface area contributed by atoms with Crippen molar-refractivity contribution >= 4 is 17.7 Å². The normalized spacial score (nSPS) is 28.4. The van der Waals surface area contributed by atoms with Gasteiger partial charge in [0, 0.05) is 19.3 Å². The van der Waals surface area contributed by atoms with Gasteiger partial charge in [0.1, 0.15) is 11.5 Å². The van der Waals surface area contributed by atoms with Crippen molar-refractivity contribution in [3.8, 4) is 0 Å². The first-order valence-corrected chi connectivity index (χ1v) is 8.45. The maximum atomic E-state index is 12.5. The quantitative estimate of drug-likeness (QED) is 0.442. The molecule has 2 aliphatic carbocycles. The number of esters is 2. The molecule has 128 valence electrons. The minimum Gasteiger partial charge on any atom is -0.468 e. The molecule has 3 atom stereocenters. The van der Waals surface area contributed by atoms with Crippen LogP contribution in [0.2, 0.25) is 0 Å². The van der Waals surface area contributed by atoms with E-state index in [1.165, 1.54) is 14.0 Å². The van der Waals surface area contributed by atoms with Crippen molar-refractivity contribution in [2.24, 2.45) is 11.3 Å². The first-order chi connectivity index (χ1) is 11.0. The van der Waals surface area contributed by atoms with Gasteiger partial charge >= 0.3 is 11.9 Å². The highest BCUT2D eigenvalue weighted by Gasteiger charge is 2.54. The smallest absolute Gasteiger partial charge is 0.319 e. The summed E-state index contributed by atoms with van der Waals surface area (Å²) in [7, 11) is 1.34. The van der Waals surface area contributed by atoms with Crippen molar-refractivity contribution in [1.82, 2.24) is 0 Å². The summed E-state index contributed by atoms with van der Waals surface area (Å²) in [5, 5.41) is 0. The molecule has 0 bridgehead atoms. The molecule has 0 aromatic heterocycles. The second-order valence-corrected chi connectivity index (χ2v) is 6.51. The molecule has 1 unspecified atom stereocenters. The number of ether oxygens (including phenoxy) is 2. The van der Waals surface area contributed by atoms with Crippen LogP contribution in [0.1, 0.15) is 58.8 Å². The Bertz CT molecular complexity index is 512. The lowest BCUT2D eigenvalue weighted by atomic mass is 9.59. The lowest BCUT2D eigenvalue weighted by Gasteiger charge is -2.43. The maximum absolute atomic E-state index is 12.5. The van der Waals surface area contributed by atoms with Crippen LogP contribution >= 0.6 is 0 Å². The molecule has 0 aromatic carbocycles. The lowest BCUT2D eigenvalue weighted by Crippen LogP contribution is -2.50. The Morgan fingerprint density at radius 3 is 2.74 bits per heavy atom. The van der Waals surface area contributed by atoms with Crippen LogP contribution in [0.25, 0.3) is 0 Å². The van der Waals surface area contributed by atoms with Crippen LogP contribution in [-0.2, 0) is 23.9 Å². The lowest BCUT2D eigenvalue weighted by molar-refractivity contribution is -0.164. The third kappa shape index (κ3) is 3.33. The Balaban J connectivity index is 2.32. The average molecular weight is 322 g/mol. The second-order valence-electron chi connectivity index (χ2n) is 6.51. The first-order valence-electron chi connectivity index (χ1n) is 8.45. The molecule has 0 amide bonds. The molecule has 5 heteroatoms. The molecular formula is C18H26O5. The van der Waals surface area contributed by atoms with Crippen LogP contribution in [0.4, 0.5) is 0 Å². The van der Waals surface area contributed by atoms with Crippen molar-refractivity contribution in [1.29, 1.82) is 0 Å². The molecule has 0 saturated heterocycles. The molecule has 0 radical (unpaired) electrons. The van der Waals surface area contributed by atoms with Crippen LogP contribution in [0.15, 0.2) is 11.6 Å². The molecule has 1 fully saturated rings. The Hall–Kier alpha value is -1.65. The summed E-state index contributed by atoms with van der Waals surface area (Å²) in [5.41, 5.74) is 0.0185. The molecule has 0 aliphatic heterocycles. The molecule has 1 saturated carbocycles. The van der Waals surface area contributed by atoms with Gasteiger partial charge < -0.3 is 9.47 Å². The van der Waals surface area contributed by atoms with Crippen LogP contribution in [0.3, 0.4) is 0 Å². The summed E-state index contributed by atoms with van der Waals surface area (Å²) in [6.07, 6.45) is 6.51. The molecular weight excluding hydrogens is 296 g/mol. The van der Waals surface area contributed by atoms with Gasteiger partial charge in [0.25, 0.3) is 0 Å². The van der Waals surface area contributed by atoms with Gasteiger partial charge in [-0.1, -0.05) is 19.4 Å². The predicted octanol–water partition coefficient (Wildman–Crippen LogP) is 2.97. The number of hydrogen-bond donors (Lipinski definition) is 0. The fourth-order valence-electron chi connectivity index (χ4n) is 3.99. The Morgan fingerprint density at radius 1 is 1.39 bits per heavy atom. The van der Waals surface area contributed by atoms with E-state index >= 15 is 0 Å². The number of hydrogen-bond acceptors (Lipinski definition) is 5. The molecule has 2 aliphatic rings. The van der Waals surface area contributed by atoms with Crippen LogP contribution in [-0.4, -0.2) is 30.9 Å². The molecule has 23 heavy (non-hydrogen) atoms. The van der Waals surface area contributed by atoms with Gasteiger partial charge in [0.05, 0.1) is 7.11 Å². The topological polar surface area (TPSA) is 69.7 Å². The van der Waals surface area contributed by atoms with Gasteiger partial charge in [0.2, 0.25) is 0 Å². The van der Waals surface area contributed by atoms with E-state index in [1.807, 2.05) is 13.0 Å². The van der Waals surface area contributed by atoms with Gasteiger partial charge in [-0.25, -0.2) is 0 Å². The number of carbonyl (C=O) groups is 3. The monoisotopic (exact) mass is 322 g/mol. The van der Waals surface area contributed by atoms with Crippen molar-refractivity contribution in [3.05, 3.63) is 11.6 Å². The van der Waals surface area contributed by atoms with Gasteiger partial charge in [-0.15, -0.1) is 0 Å². The summed E-state index contributed by atoms with van der Waals surface area (Å²) >= 11 is 0. The van der Waals surface area contributed by atoms with Crippen molar-refractivity contribution in [3.63, 3.8) is 0 Å². The average Bonchev–Trinajstić information content (AvgIpc) is 2.53. The fraction of sp³-hybridized carbons (Fsp3) is 0.722.